The highest BCUT2D eigenvalue weighted by Crippen LogP contribution is 2.31. The quantitative estimate of drug-likeness (QED) is 0.903. The van der Waals surface area contributed by atoms with Crippen molar-refractivity contribution in [3.8, 4) is 5.95 Å². The summed E-state index contributed by atoms with van der Waals surface area (Å²) >= 11 is 3.40. The van der Waals surface area contributed by atoms with Gasteiger partial charge in [0.1, 0.15) is 11.8 Å². The normalized spacial score (nSPS) is 11.9. The van der Waals surface area contributed by atoms with E-state index in [0.29, 0.717) is 11.7 Å². The van der Waals surface area contributed by atoms with Crippen LogP contribution in [0.15, 0.2) is 45.3 Å². The van der Waals surface area contributed by atoms with E-state index in [1.807, 2.05) is 24.3 Å². The Bertz CT molecular complexity index is 582. The van der Waals surface area contributed by atoms with Crippen LogP contribution in [-0.4, -0.2) is 18.3 Å². The third-order valence-corrected chi connectivity index (χ3v) is 3.29. The standard InChI is InChI=1S/C13H12BrNO4/c1-18-11-7-6-10(19-11)12(15-13(16)17)8-4-2-3-5-9(8)14/h2-7,12,15H,1H3,(H,16,17). The van der Waals surface area contributed by atoms with Crippen molar-refractivity contribution in [1.29, 1.82) is 0 Å². The fourth-order valence-electron chi connectivity index (χ4n) is 1.73. The van der Waals surface area contributed by atoms with Gasteiger partial charge < -0.3 is 19.6 Å². The molecule has 1 unspecified atom stereocenters. The Kier molecular flexibility index (Phi) is 4.11. The summed E-state index contributed by atoms with van der Waals surface area (Å²) in [6.07, 6.45) is -1.13. The molecule has 0 aliphatic heterocycles. The van der Waals surface area contributed by atoms with Crippen LogP contribution >= 0.6 is 15.9 Å². The molecular weight excluding hydrogens is 314 g/mol. The molecule has 0 fully saturated rings. The molecule has 5 nitrogen and oxygen atoms in total. The Morgan fingerprint density at radius 3 is 2.68 bits per heavy atom. The monoisotopic (exact) mass is 325 g/mol. The third-order valence-electron chi connectivity index (χ3n) is 2.57. The van der Waals surface area contributed by atoms with Gasteiger partial charge in [-0.1, -0.05) is 34.1 Å². The molecule has 1 heterocycles. The van der Waals surface area contributed by atoms with Gasteiger partial charge in [0.25, 0.3) is 5.95 Å². The van der Waals surface area contributed by atoms with Gasteiger partial charge in [-0.3, -0.25) is 0 Å². The second-order valence-corrected chi connectivity index (χ2v) is 4.62. The molecular formula is C13H12BrNO4. The van der Waals surface area contributed by atoms with E-state index in [1.54, 1.807) is 12.1 Å². The second kappa shape index (κ2) is 5.79. The maximum Gasteiger partial charge on any atom is 0.405 e. The van der Waals surface area contributed by atoms with Crippen LogP contribution < -0.4 is 10.1 Å². The number of methoxy groups -OCH3 is 1. The molecule has 2 aromatic rings. The van der Waals surface area contributed by atoms with Crippen molar-refractivity contribution < 1.29 is 19.1 Å². The van der Waals surface area contributed by atoms with Gasteiger partial charge >= 0.3 is 6.09 Å². The molecule has 0 aliphatic carbocycles. The van der Waals surface area contributed by atoms with Gasteiger partial charge in [-0.25, -0.2) is 4.79 Å². The summed E-state index contributed by atoms with van der Waals surface area (Å²) in [6, 6.07) is 10.1. The molecule has 0 spiro atoms. The topological polar surface area (TPSA) is 71.7 Å². The van der Waals surface area contributed by atoms with E-state index >= 15 is 0 Å². The zero-order valence-electron chi connectivity index (χ0n) is 10.1. The first-order valence-corrected chi connectivity index (χ1v) is 6.28. The Morgan fingerprint density at radius 1 is 1.37 bits per heavy atom. The lowest BCUT2D eigenvalue weighted by Crippen LogP contribution is -2.27. The SMILES string of the molecule is COc1ccc(C(NC(=O)O)c2ccccc2Br)o1. The summed E-state index contributed by atoms with van der Waals surface area (Å²) in [4.78, 5) is 10.9. The van der Waals surface area contributed by atoms with Crippen LogP contribution in [0.25, 0.3) is 0 Å². The van der Waals surface area contributed by atoms with Gasteiger partial charge in [0, 0.05) is 10.5 Å². The van der Waals surface area contributed by atoms with Crippen LogP contribution in [0.2, 0.25) is 0 Å². The smallest absolute Gasteiger partial charge is 0.405 e. The second-order valence-electron chi connectivity index (χ2n) is 3.76. The van der Waals surface area contributed by atoms with Crippen LogP contribution in [0, 0.1) is 0 Å². The summed E-state index contributed by atoms with van der Waals surface area (Å²) in [5.41, 5.74) is 0.766. The number of hydrogen-bond donors (Lipinski definition) is 2. The molecule has 0 aliphatic rings. The lowest BCUT2D eigenvalue weighted by molar-refractivity contribution is 0.189. The number of halogens is 1. The molecule has 19 heavy (non-hydrogen) atoms. The highest BCUT2D eigenvalue weighted by Gasteiger charge is 2.22. The first kappa shape index (κ1) is 13.5. The molecule has 0 saturated heterocycles. The van der Waals surface area contributed by atoms with E-state index in [4.69, 9.17) is 14.3 Å². The van der Waals surface area contributed by atoms with Gasteiger partial charge in [-0.2, -0.15) is 0 Å². The van der Waals surface area contributed by atoms with Crippen molar-refractivity contribution in [2.45, 2.75) is 6.04 Å². The number of benzene rings is 1. The van der Waals surface area contributed by atoms with E-state index in [-0.39, 0.29) is 0 Å². The number of hydrogen-bond acceptors (Lipinski definition) is 3. The van der Waals surface area contributed by atoms with Crippen LogP contribution in [-0.2, 0) is 0 Å². The predicted molar refractivity (Wildman–Crippen MR) is 72.4 cm³/mol. The van der Waals surface area contributed by atoms with E-state index in [0.717, 1.165) is 10.0 Å². The number of ether oxygens (including phenoxy) is 1. The molecule has 1 atom stereocenters. The van der Waals surface area contributed by atoms with Crippen molar-refractivity contribution in [1.82, 2.24) is 5.32 Å². The van der Waals surface area contributed by atoms with Crippen LogP contribution in [0.5, 0.6) is 5.95 Å². The van der Waals surface area contributed by atoms with Gasteiger partial charge in [-0.05, 0) is 17.7 Å². The molecule has 0 bridgehead atoms. The average molecular weight is 326 g/mol. The van der Waals surface area contributed by atoms with Gasteiger partial charge in [-0.15, -0.1) is 0 Å². The molecule has 100 valence electrons. The summed E-state index contributed by atoms with van der Waals surface area (Å²) in [5, 5.41) is 11.4. The number of carboxylic acid groups (broad SMARTS) is 1. The highest BCUT2D eigenvalue weighted by molar-refractivity contribution is 9.10. The number of carbonyl (C=O) groups is 1. The molecule has 1 aromatic heterocycles. The van der Waals surface area contributed by atoms with E-state index < -0.39 is 12.1 Å². The maximum atomic E-state index is 10.9. The molecule has 0 saturated carbocycles. The number of rotatable bonds is 4. The summed E-state index contributed by atoms with van der Waals surface area (Å²) < 4.78 is 11.2. The molecule has 2 rings (SSSR count). The van der Waals surface area contributed by atoms with Gasteiger partial charge in [0.15, 0.2) is 0 Å². The molecule has 1 aromatic carbocycles. The van der Waals surface area contributed by atoms with Crippen molar-refractivity contribution in [3.63, 3.8) is 0 Å². The number of furan rings is 1. The minimum Gasteiger partial charge on any atom is -0.468 e. The van der Waals surface area contributed by atoms with Crippen molar-refractivity contribution in [3.05, 3.63) is 52.2 Å². The van der Waals surface area contributed by atoms with E-state index in [1.165, 1.54) is 7.11 Å². The Labute approximate surface area is 118 Å². The summed E-state index contributed by atoms with van der Waals surface area (Å²) in [6.45, 7) is 0. The van der Waals surface area contributed by atoms with Crippen molar-refractivity contribution in [2.24, 2.45) is 0 Å². The maximum absolute atomic E-state index is 10.9. The number of nitrogens with one attached hydrogen (secondary N) is 1. The Balaban J connectivity index is 2.41. The summed E-state index contributed by atoms with van der Waals surface area (Å²) in [5.74, 6) is 0.797. The molecule has 0 radical (unpaired) electrons. The van der Waals surface area contributed by atoms with Crippen LogP contribution in [0.4, 0.5) is 4.79 Å². The minimum absolute atomic E-state index is 0.333. The van der Waals surface area contributed by atoms with E-state index in [9.17, 15) is 4.79 Å². The van der Waals surface area contributed by atoms with Crippen LogP contribution in [0.1, 0.15) is 17.4 Å². The molecule has 1 amide bonds. The van der Waals surface area contributed by atoms with Crippen molar-refractivity contribution >= 4 is 22.0 Å². The summed E-state index contributed by atoms with van der Waals surface area (Å²) in [7, 11) is 1.49. The van der Waals surface area contributed by atoms with Gasteiger partial charge in [0.2, 0.25) is 0 Å². The van der Waals surface area contributed by atoms with Gasteiger partial charge in [0.05, 0.1) is 7.11 Å². The number of amides is 1. The first-order chi connectivity index (χ1) is 9.11. The van der Waals surface area contributed by atoms with Crippen molar-refractivity contribution in [2.75, 3.05) is 7.11 Å². The Hall–Kier alpha value is -1.95. The Morgan fingerprint density at radius 2 is 2.11 bits per heavy atom. The van der Waals surface area contributed by atoms with Crippen LogP contribution in [0.3, 0.4) is 0 Å². The minimum atomic E-state index is -1.13. The lowest BCUT2D eigenvalue weighted by atomic mass is 10.1. The largest absolute Gasteiger partial charge is 0.468 e. The zero-order valence-corrected chi connectivity index (χ0v) is 11.7. The van der Waals surface area contributed by atoms with E-state index in [2.05, 4.69) is 21.2 Å². The average Bonchev–Trinajstić information content (AvgIpc) is 2.85. The predicted octanol–water partition coefficient (Wildman–Crippen LogP) is 3.41. The lowest BCUT2D eigenvalue weighted by Gasteiger charge is -2.16. The zero-order chi connectivity index (χ0) is 13.8. The molecule has 6 heteroatoms. The fourth-order valence-corrected chi connectivity index (χ4v) is 2.25. The first-order valence-electron chi connectivity index (χ1n) is 5.49. The highest BCUT2D eigenvalue weighted by atomic mass is 79.9. The molecule has 2 N–H and O–H groups in total. The third kappa shape index (κ3) is 3.08. The fraction of sp³-hybridized carbons (Fsp3) is 0.154.